The maximum Gasteiger partial charge on any atom is 0.221 e. The zero-order valence-corrected chi connectivity index (χ0v) is 11.9. The molecule has 5 nitrogen and oxygen atoms in total. The molecule has 1 aromatic carbocycles. The molecule has 1 amide bonds. The molecule has 0 saturated carbocycles. The third kappa shape index (κ3) is 3.70. The second-order valence-corrected chi connectivity index (χ2v) is 5.44. The minimum atomic E-state index is 0.118. The summed E-state index contributed by atoms with van der Waals surface area (Å²) in [4.78, 5) is 11.9. The van der Waals surface area contributed by atoms with Crippen LogP contribution >= 0.6 is 0 Å². The third-order valence-electron chi connectivity index (χ3n) is 3.85. The van der Waals surface area contributed by atoms with E-state index in [9.17, 15) is 4.79 Å². The van der Waals surface area contributed by atoms with Crippen molar-refractivity contribution >= 4 is 5.91 Å². The van der Waals surface area contributed by atoms with Crippen LogP contribution in [-0.2, 0) is 11.3 Å². The molecule has 1 fully saturated rings. The number of carbonyl (C=O) groups excluding carboxylic acids is 1. The molecule has 1 aromatic heterocycles. The molecule has 1 saturated heterocycles. The minimum absolute atomic E-state index is 0.118. The highest BCUT2D eigenvalue weighted by atomic mass is 16.1. The van der Waals surface area contributed by atoms with Crippen LogP contribution in [0, 0.1) is 0 Å². The molecule has 1 aliphatic heterocycles. The molecule has 5 heteroatoms. The first-order valence-corrected chi connectivity index (χ1v) is 7.40. The molecular formula is C16H20N4O. The number of hydrogen-bond donors (Lipinski definition) is 3. The van der Waals surface area contributed by atoms with Gasteiger partial charge in [0.2, 0.25) is 5.91 Å². The summed E-state index contributed by atoms with van der Waals surface area (Å²) in [5, 5.41) is 13.2. The SMILES string of the molecule is O=C(CC1CCCN1)NCc1ccc(-c2ccn[nH]2)cc1. The van der Waals surface area contributed by atoms with E-state index in [1.807, 2.05) is 30.3 Å². The van der Waals surface area contributed by atoms with Gasteiger partial charge in [-0.3, -0.25) is 9.89 Å². The number of H-pyrrole nitrogens is 1. The molecule has 1 unspecified atom stereocenters. The lowest BCUT2D eigenvalue weighted by Crippen LogP contribution is -2.31. The van der Waals surface area contributed by atoms with Crippen molar-refractivity contribution in [3.63, 3.8) is 0 Å². The van der Waals surface area contributed by atoms with Gasteiger partial charge in [-0.1, -0.05) is 24.3 Å². The van der Waals surface area contributed by atoms with Crippen molar-refractivity contribution in [2.45, 2.75) is 31.8 Å². The second kappa shape index (κ2) is 6.54. The fourth-order valence-electron chi connectivity index (χ4n) is 2.65. The van der Waals surface area contributed by atoms with Crippen LogP contribution in [0.3, 0.4) is 0 Å². The highest BCUT2D eigenvalue weighted by molar-refractivity contribution is 5.76. The zero-order chi connectivity index (χ0) is 14.5. The molecule has 3 rings (SSSR count). The molecule has 1 atom stereocenters. The van der Waals surface area contributed by atoms with Gasteiger partial charge in [0, 0.05) is 25.2 Å². The summed E-state index contributed by atoms with van der Waals surface area (Å²) in [6.45, 7) is 1.61. The molecule has 0 radical (unpaired) electrons. The fraction of sp³-hybridized carbons (Fsp3) is 0.375. The Labute approximate surface area is 124 Å². The lowest BCUT2D eigenvalue weighted by molar-refractivity contribution is -0.121. The monoisotopic (exact) mass is 284 g/mol. The van der Waals surface area contributed by atoms with Gasteiger partial charge in [-0.15, -0.1) is 0 Å². The van der Waals surface area contributed by atoms with Crippen LogP contribution in [0.25, 0.3) is 11.3 Å². The van der Waals surface area contributed by atoms with Crippen LogP contribution in [0.5, 0.6) is 0 Å². The first-order valence-electron chi connectivity index (χ1n) is 7.40. The Morgan fingerprint density at radius 1 is 1.29 bits per heavy atom. The lowest BCUT2D eigenvalue weighted by Gasteiger charge is -2.10. The molecule has 110 valence electrons. The maximum atomic E-state index is 11.9. The summed E-state index contributed by atoms with van der Waals surface area (Å²) in [6.07, 6.45) is 4.59. The van der Waals surface area contributed by atoms with Crippen LogP contribution < -0.4 is 10.6 Å². The average Bonchev–Trinajstić information content (AvgIpc) is 3.19. The van der Waals surface area contributed by atoms with Gasteiger partial charge in [0.1, 0.15) is 0 Å². The molecule has 0 aliphatic carbocycles. The number of benzene rings is 1. The Bertz CT molecular complexity index is 571. The first kappa shape index (κ1) is 13.8. The highest BCUT2D eigenvalue weighted by Crippen LogP contribution is 2.16. The van der Waals surface area contributed by atoms with Crippen molar-refractivity contribution < 1.29 is 4.79 Å². The maximum absolute atomic E-state index is 11.9. The van der Waals surface area contributed by atoms with Crippen molar-refractivity contribution in [2.24, 2.45) is 0 Å². The largest absolute Gasteiger partial charge is 0.352 e. The Morgan fingerprint density at radius 2 is 2.14 bits per heavy atom. The van der Waals surface area contributed by atoms with Crippen LogP contribution in [0.1, 0.15) is 24.8 Å². The normalized spacial score (nSPS) is 17.8. The summed E-state index contributed by atoms with van der Waals surface area (Å²) in [7, 11) is 0. The highest BCUT2D eigenvalue weighted by Gasteiger charge is 2.17. The van der Waals surface area contributed by atoms with Gasteiger partial charge in [0.15, 0.2) is 0 Å². The van der Waals surface area contributed by atoms with Gasteiger partial charge in [0.05, 0.1) is 5.69 Å². The summed E-state index contributed by atoms with van der Waals surface area (Å²) in [5.41, 5.74) is 3.20. The molecular weight excluding hydrogens is 264 g/mol. The van der Waals surface area contributed by atoms with E-state index >= 15 is 0 Å². The number of aromatic amines is 1. The van der Waals surface area contributed by atoms with E-state index < -0.39 is 0 Å². The lowest BCUT2D eigenvalue weighted by atomic mass is 10.1. The van der Waals surface area contributed by atoms with E-state index in [1.54, 1.807) is 6.20 Å². The van der Waals surface area contributed by atoms with E-state index in [2.05, 4.69) is 20.8 Å². The molecule has 2 aromatic rings. The predicted octanol–water partition coefficient (Wildman–Crippen LogP) is 1.83. The topological polar surface area (TPSA) is 69.8 Å². The van der Waals surface area contributed by atoms with E-state index in [-0.39, 0.29) is 5.91 Å². The number of aromatic nitrogens is 2. The number of rotatable bonds is 5. The molecule has 21 heavy (non-hydrogen) atoms. The van der Waals surface area contributed by atoms with Crippen molar-refractivity contribution in [2.75, 3.05) is 6.54 Å². The number of carbonyl (C=O) groups is 1. The van der Waals surface area contributed by atoms with Crippen LogP contribution in [0.2, 0.25) is 0 Å². The summed E-state index contributed by atoms with van der Waals surface area (Å²) < 4.78 is 0. The molecule has 2 heterocycles. The van der Waals surface area contributed by atoms with E-state index in [1.165, 1.54) is 6.42 Å². The Hall–Kier alpha value is -2.14. The Morgan fingerprint density at radius 3 is 2.81 bits per heavy atom. The van der Waals surface area contributed by atoms with Gasteiger partial charge >= 0.3 is 0 Å². The number of nitrogens with one attached hydrogen (secondary N) is 3. The second-order valence-electron chi connectivity index (χ2n) is 5.44. The van der Waals surface area contributed by atoms with E-state index in [0.717, 1.165) is 29.8 Å². The molecule has 1 aliphatic rings. The average molecular weight is 284 g/mol. The smallest absolute Gasteiger partial charge is 0.221 e. The summed E-state index contributed by atoms with van der Waals surface area (Å²) in [5.74, 6) is 0.118. The summed E-state index contributed by atoms with van der Waals surface area (Å²) >= 11 is 0. The van der Waals surface area contributed by atoms with Gasteiger partial charge in [-0.2, -0.15) is 5.10 Å². The van der Waals surface area contributed by atoms with Crippen molar-refractivity contribution in [3.8, 4) is 11.3 Å². The van der Waals surface area contributed by atoms with Crippen LogP contribution in [0.15, 0.2) is 36.5 Å². The van der Waals surface area contributed by atoms with Gasteiger partial charge < -0.3 is 10.6 Å². The molecule has 0 bridgehead atoms. The van der Waals surface area contributed by atoms with Gasteiger partial charge in [-0.25, -0.2) is 0 Å². The number of amides is 1. The first-order chi connectivity index (χ1) is 10.3. The minimum Gasteiger partial charge on any atom is -0.352 e. The Balaban J connectivity index is 1.50. The zero-order valence-electron chi connectivity index (χ0n) is 11.9. The molecule has 0 spiro atoms. The third-order valence-corrected chi connectivity index (χ3v) is 3.85. The fourth-order valence-corrected chi connectivity index (χ4v) is 2.65. The van der Waals surface area contributed by atoms with Crippen LogP contribution in [0.4, 0.5) is 0 Å². The van der Waals surface area contributed by atoms with Crippen molar-refractivity contribution in [1.29, 1.82) is 0 Å². The van der Waals surface area contributed by atoms with Gasteiger partial charge in [-0.05, 0) is 36.6 Å². The summed E-state index contributed by atoms with van der Waals surface area (Å²) in [6, 6.07) is 10.4. The number of hydrogen-bond acceptors (Lipinski definition) is 3. The number of nitrogens with zero attached hydrogens (tertiary/aromatic N) is 1. The van der Waals surface area contributed by atoms with Gasteiger partial charge in [0.25, 0.3) is 0 Å². The van der Waals surface area contributed by atoms with Crippen LogP contribution in [-0.4, -0.2) is 28.7 Å². The van der Waals surface area contributed by atoms with E-state index in [0.29, 0.717) is 19.0 Å². The van der Waals surface area contributed by atoms with E-state index in [4.69, 9.17) is 0 Å². The molecule has 3 N–H and O–H groups in total. The standard InChI is InChI=1S/C16H20N4O/c21-16(10-14-2-1-8-17-14)18-11-12-3-5-13(6-4-12)15-7-9-19-20-15/h3-7,9,14,17H,1-2,8,10-11H2,(H,18,21)(H,19,20). The van der Waals surface area contributed by atoms with Crippen molar-refractivity contribution in [1.82, 2.24) is 20.8 Å². The Kier molecular flexibility index (Phi) is 4.31. The quantitative estimate of drug-likeness (QED) is 0.784. The predicted molar refractivity (Wildman–Crippen MR) is 81.5 cm³/mol. The van der Waals surface area contributed by atoms with Crippen molar-refractivity contribution in [3.05, 3.63) is 42.1 Å².